The number of hydrogen-bond acceptors (Lipinski definition) is 2. The molecule has 6 heteroatoms. The number of nitrogens with zero attached hydrogens (tertiary/aromatic N) is 1. The quantitative estimate of drug-likeness (QED) is 0.523. The van der Waals surface area contributed by atoms with Crippen LogP contribution in [0.3, 0.4) is 0 Å². The molecule has 3 nitrogen and oxygen atoms in total. The van der Waals surface area contributed by atoms with E-state index in [-0.39, 0.29) is 0 Å². The highest BCUT2D eigenvalue weighted by molar-refractivity contribution is 7.84. The van der Waals surface area contributed by atoms with E-state index in [1.807, 2.05) is 0 Å². The molecule has 0 aromatic carbocycles. The van der Waals surface area contributed by atoms with Gasteiger partial charge in [-0.25, -0.2) is 0 Å². The van der Waals surface area contributed by atoms with Crippen LogP contribution in [0.25, 0.3) is 0 Å². The molecule has 0 saturated carbocycles. The highest BCUT2D eigenvalue weighted by Gasteiger charge is 2.25. The molecule has 0 aromatic rings. The molecule has 0 aliphatic rings. The summed E-state index contributed by atoms with van der Waals surface area (Å²) in [6, 6.07) is 0. The molecular formula is C4H10Cl2NO2P. The summed E-state index contributed by atoms with van der Waals surface area (Å²) in [5.41, 5.74) is 0. The van der Waals surface area contributed by atoms with E-state index in [1.165, 1.54) is 0 Å². The average molecular weight is 206 g/mol. The number of halogens is 2. The van der Waals surface area contributed by atoms with Crippen molar-refractivity contribution in [2.75, 3.05) is 13.2 Å². The van der Waals surface area contributed by atoms with Crippen LogP contribution in [0.1, 0.15) is 13.8 Å². The maximum Gasteiger partial charge on any atom is 0.376 e. The molecular weight excluding hydrogens is 196 g/mol. The van der Waals surface area contributed by atoms with Crippen molar-refractivity contribution < 1.29 is 9.09 Å². The Hall–Kier alpha value is 0.730. The molecule has 1 unspecified atom stereocenters. The first-order chi connectivity index (χ1) is 4.54. The lowest BCUT2D eigenvalue weighted by atomic mass is 10.8. The van der Waals surface area contributed by atoms with Crippen molar-refractivity contribution in [1.82, 2.24) is 4.19 Å². The van der Waals surface area contributed by atoms with Gasteiger partial charge in [0.2, 0.25) is 0 Å². The van der Waals surface area contributed by atoms with Gasteiger partial charge < -0.3 is 4.52 Å². The second-order valence-electron chi connectivity index (χ2n) is 1.52. The second kappa shape index (κ2) is 4.58. The molecule has 0 radical (unpaired) electrons. The molecule has 0 aliphatic heterocycles. The highest BCUT2D eigenvalue weighted by Crippen LogP contribution is 2.56. The van der Waals surface area contributed by atoms with E-state index >= 15 is 0 Å². The summed E-state index contributed by atoms with van der Waals surface area (Å²) in [6.45, 7) is 0.915. The fourth-order valence-corrected chi connectivity index (χ4v) is 1.92. The molecule has 0 amide bonds. The van der Waals surface area contributed by atoms with Crippen LogP contribution < -0.4 is 0 Å². The number of hydrogen-bond donors (Lipinski definition) is 0. The summed E-state index contributed by atoms with van der Waals surface area (Å²) in [5, 5.41) is 0. The van der Waals surface area contributed by atoms with E-state index in [4.69, 9.17) is 27.5 Å². The highest BCUT2D eigenvalue weighted by atomic mass is 35.7. The van der Waals surface area contributed by atoms with Gasteiger partial charge in [0.25, 0.3) is 0 Å². The SMILES string of the molecule is CCOP(=O)(Cl)N(Cl)CC. The van der Waals surface area contributed by atoms with E-state index in [9.17, 15) is 4.57 Å². The summed E-state index contributed by atoms with van der Waals surface area (Å²) in [7, 11) is 0. The first kappa shape index (κ1) is 10.7. The normalized spacial score (nSPS) is 17.3. The van der Waals surface area contributed by atoms with Crippen molar-refractivity contribution in [2.45, 2.75) is 13.8 Å². The molecule has 0 rings (SSSR count). The van der Waals surface area contributed by atoms with Crippen LogP contribution in [0, 0.1) is 0 Å². The summed E-state index contributed by atoms with van der Waals surface area (Å²) < 4.78 is 16.7. The Balaban J connectivity index is 3.97. The molecule has 0 saturated heterocycles. The molecule has 0 aliphatic carbocycles. The lowest BCUT2D eigenvalue weighted by molar-refractivity contribution is 0.321. The van der Waals surface area contributed by atoms with Gasteiger partial charge in [0, 0.05) is 6.54 Å². The Bertz CT molecular complexity index is 143. The van der Waals surface area contributed by atoms with Crippen LogP contribution in [0.4, 0.5) is 0 Å². The molecule has 0 fully saturated rings. The van der Waals surface area contributed by atoms with Gasteiger partial charge in [0.05, 0.1) is 6.61 Å². The van der Waals surface area contributed by atoms with Crippen LogP contribution in [0.15, 0.2) is 0 Å². The van der Waals surface area contributed by atoms with E-state index < -0.39 is 6.87 Å². The third kappa shape index (κ3) is 3.22. The minimum absolute atomic E-state index is 0.296. The van der Waals surface area contributed by atoms with Crippen LogP contribution in [0.2, 0.25) is 0 Å². The third-order valence-corrected chi connectivity index (χ3v) is 4.10. The predicted octanol–water partition coefficient (Wildman–Crippen LogP) is 2.85. The fraction of sp³-hybridized carbons (Fsp3) is 1.00. The zero-order chi connectivity index (χ0) is 8.20. The van der Waals surface area contributed by atoms with Crippen molar-refractivity contribution >= 4 is 29.9 Å². The minimum atomic E-state index is -3.21. The first-order valence-electron chi connectivity index (χ1n) is 2.92. The Morgan fingerprint density at radius 1 is 1.60 bits per heavy atom. The standard InChI is InChI=1S/C4H10Cl2NO2P/c1-3-7(5)10(6,8)9-4-2/h3-4H2,1-2H3. The van der Waals surface area contributed by atoms with Gasteiger partial charge >= 0.3 is 6.87 Å². The van der Waals surface area contributed by atoms with Crippen LogP contribution >= 0.6 is 29.9 Å². The van der Waals surface area contributed by atoms with Gasteiger partial charge in [-0.05, 0) is 29.9 Å². The van der Waals surface area contributed by atoms with E-state index in [0.717, 1.165) is 4.19 Å². The first-order valence-corrected chi connectivity index (χ1v) is 5.74. The summed E-state index contributed by atoms with van der Waals surface area (Å²) >= 11 is 10.9. The molecule has 0 spiro atoms. The Morgan fingerprint density at radius 3 is 2.40 bits per heavy atom. The average Bonchev–Trinajstić information content (AvgIpc) is 1.86. The monoisotopic (exact) mass is 205 g/mol. The zero-order valence-electron chi connectivity index (χ0n) is 5.88. The molecule has 1 atom stereocenters. The minimum Gasteiger partial charge on any atom is -0.306 e. The summed E-state index contributed by atoms with van der Waals surface area (Å²) in [5.74, 6) is 0. The van der Waals surface area contributed by atoms with Gasteiger partial charge in [0.15, 0.2) is 0 Å². The third-order valence-electron chi connectivity index (χ3n) is 0.808. The van der Waals surface area contributed by atoms with Gasteiger partial charge in [-0.3, -0.25) is 4.57 Å². The zero-order valence-corrected chi connectivity index (χ0v) is 8.29. The maximum atomic E-state index is 11.1. The molecule has 0 heterocycles. The molecule has 0 aromatic heterocycles. The van der Waals surface area contributed by atoms with Crippen molar-refractivity contribution in [3.8, 4) is 0 Å². The fourth-order valence-electron chi connectivity index (χ4n) is 0.391. The van der Waals surface area contributed by atoms with Crippen molar-refractivity contribution in [1.29, 1.82) is 0 Å². The van der Waals surface area contributed by atoms with Crippen LogP contribution in [-0.2, 0) is 9.09 Å². The van der Waals surface area contributed by atoms with Gasteiger partial charge in [0.1, 0.15) is 0 Å². The lowest BCUT2D eigenvalue weighted by Gasteiger charge is -2.16. The van der Waals surface area contributed by atoms with Crippen LogP contribution in [-0.4, -0.2) is 17.3 Å². The Kier molecular flexibility index (Phi) is 4.91. The lowest BCUT2D eigenvalue weighted by Crippen LogP contribution is -2.06. The smallest absolute Gasteiger partial charge is 0.306 e. The predicted molar refractivity (Wildman–Crippen MR) is 43.3 cm³/mol. The Labute approximate surface area is 70.7 Å². The van der Waals surface area contributed by atoms with Gasteiger partial charge in [-0.15, -0.1) is 4.19 Å². The van der Waals surface area contributed by atoms with Crippen molar-refractivity contribution in [3.05, 3.63) is 0 Å². The summed E-state index contributed by atoms with van der Waals surface area (Å²) in [6.07, 6.45) is 0. The molecule has 0 N–H and O–H groups in total. The Morgan fingerprint density at radius 2 is 2.10 bits per heavy atom. The summed E-state index contributed by atoms with van der Waals surface area (Å²) in [4.78, 5) is 0. The van der Waals surface area contributed by atoms with E-state index in [0.29, 0.717) is 13.2 Å². The molecule has 62 valence electrons. The van der Waals surface area contributed by atoms with Crippen LogP contribution in [0.5, 0.6) is 0 Å². The largest absolute Gasteiger partial charge is 0.376 e. The second-order valence-corrected chi connectivity index (χ2v) is 5.09. The van der Waals surface area contributed by atoms with Crippen molar-refractivity contribution in [3.63, 3.8) is 0 Å². The topological polar surface area (TPSA) is 29.5 Å². The van der Waals surface area contributed by atoms with Gasteiger partial charge in [-0.2, -0.15) is 0 Å². The molecule has 0 bridgehead atoms. The van der Waals surface area contributed by atoms with E-state index in [1.54, 1.807) is 13.8 Å². The van der Waals surface area contributed by atoms with E-state index in [2.05, 4.69) is 0 Å². The maximum absolute atomic E-state index is 11.1. The van der Waals surface area contributed by atoms with Gasteiger partial charge in [-0.1, -0.05) is 6.92 Å². The molecule has 10 heavy (non-hydrogen) atoms. The number of rotatable bonds is 4. The van der Waals surface area contributed by atoms with Crippen molar-refractivity contribution in [2.24, 2.45) is 0 Å².